The van der Waals surface area contributed by atoms with Crippen molar-refractivity contribution in [2.45, 2.75) is 25.4 Å². The van der Waals surface area contributed by atoms with Crippen LogP contribution in [0.3, 0.4) is 0 Å². The van der Waals surface area contributed by atoms with Gasteiger partial charge in [-0.05, 0) is 19.3 Å². The van der Waals surface area contributed by atoms with E-state index >= 15 is 0 Å². The molecule has 1 N–H and O–H groups in total. The van der Waals surface area contributed by atoms with Crippen LogP contribution in [0.2, 0.25) is 0 Å². The smallest absolute Gasteiger partial charge is 0.114 e. The summed E-state index contributed by atoms with van der Waals surface area (Å²) in [5.41, 5.74) is -0.0394. The Balaban J connectivity index is 1.89. The molecule has 0 saturated carbocycles. The second-order valence-corrected chi connectivity index (χ2v) is 4.89. The van der Waals surface area contributed by atoms with E-state index in [9.17, 15) is 9.50 Å². The van der Waals surface area contributed by atoms with Gasteiger partial charge in [0.2, 0.25) is 0 Å². The summed E-state index contributed by atoms with van der Waals surface area (Å²) in [6.07, 6.45) is 1.78. The highest BCUT2D eigenvalue weighted by Crippen LogP contribution is 2.32. The molecule has 0 radical (unpaired) electrons. The van der Waals surface area contributed by atoms with E-state index in [4.69, 9.17) is 4.74 Å². The molecule has 2 fully saturated rings. The van der Waals surface area contributed by atoms with Gasteiger partial charge in [-0.15, -0.1) is 0 Å². The van der Waals surface area contributed by atoms with Crippen LogP contribution in [0, 0.1) is 5.41 Å². The summed E-state index contributed by atoms with van der Waals surface area (Å²) in [7, 11) is 0. The van der Waals surface area contributed by atoms with Gasteiger partial charge >= 0.3 is 0 Å². The zero-order valence-corrected chi connectivity index (χ0v) is 9.12. The van der Waals surface area contributed by atoms with Gasteiger partial charge in [-0.25, -0.2) is 4.39 Å². The molecule has 0 aromatic rings. The molecular formula is C11H20FNO2. The Kier molecular flexibility index (Phi) is 3.59. The third kappa shape index (κ3) is 2.68. The molecule has 0 spiro atoms. The summed E-state index contributed by atoms with van der Waals surface area (Å²) >= 11 is 0. The molecule has 0 aliphatic carbocycles. The lowest BCUT2D eigenvalue weighted by molar-refractivity contribution is -0.0317. The lowest BCUT2D eigenvalue weighted by atomic mass is 9.80. The summed E-state index contributed by atoms with van der Waals surface area (Å²) in [6, 6.07) is 0. The molecule has 2 aliphatic heterocycles. The van der Waals surface area contributed by atoms with Crippen LogP contribution in [0.5, 0.6) is 0 Å². The molecule has 0 amide bonds. The van der Waals surface area contributed by atoms with E-state index in [2.05, 4.69) is 4.90 Å². The summed E-state index contributed by atoms with van der Waals surface area (Å²) in [4.78, 5) is 2.15. The van der Waals surface area contributed by atoms with Gasteiger partial charge in [-0.3, -0.25) is 4.90 Å². The fourth-order valence-electron chi connectivity index (χ4n) is 2.57. The molecule has 0 aromatic carbocycles. The Morgan fingerprint density at radius 2 is 2.13 bits per heavy atom. The minimum Gasteiger partial charge on any atom is -0.396 e. The van der Waals surface area contributed by atoms with Crippen LogP contribution >= 0.6 is 0 Å². The SMILES string of the molecule is OCC1(CN2CCC(F)C2)CCOCC1. The van der Waals surface area contributed by atoms with Crippen molar-refractivity contribution >= 4 is 0 Å². The first kappa shape index (κ1) is 11.3. The predicted molar refractivity (Wildman–Crippen MR) is 55.5 cm³/mol. The first-order valence-electron chi connectivity index (χ1n) is 5.79. The number of alkyl halides is 1. The molecule has 2 saturated heterocycles. The van der Waals surface area contributed by atoms with Gasteiger partial charge in [0.05, 0.1) is 6.61 Å². The summed E-state index contributed by atoms with van der Waals surface area (Å²) in [5, 5.41) is 9.49. The highest BCUT2D eigenvalue weighted by Gasteiger charge is 2.35. The zero-order chi connectivity index (χ0) is 10.7. The normalized spacial score (nSPS) is 32.0. The van der Waals surface area contributed by atoms with Gasteiger partial charge in [0.25, 0.3) is 0 Å². The van der Waals surface area contributed by atoms with Crippen molar-refractivity contribution in [3.05, 3.63) is 0 Å². The Morgan fingerprint density at radius 3 is 2.67 bits per heavy atom. The van der Waals surface area contributed by atoms with Crippen LogP contribution in [0.25, 0.3) is 0 Å². The second-order valence-electron chi connectivity index (χ2n) is 4.89. The van der Waals surface area contributed by atoms with Crippen molar-refractivity contribution in [2.75, 3.05) is 39.5 Å². The minimum absolute atomic E-state index is 0.0394. The Hall–Kier alpha value is -0.190. The average molecular weight is 217 g/mol. The van der Waals surface area contributed by atoms with Gasteiger partial charge in [0.15, 0.2) is 0 Å². The van der Waals surface area contributed by atoms with Crippen LogP contribution in [0.4, 0.5) is 4.39 Å². The van der Waals surface area contributed by atoms with E-state index in [1.807, 2.05) is 0 Å². The van der Waals surface area contributed by atoms with Gasteiger partial charge in [0, 0.05) is 38.3 Å². The second kappa shape index (κ2) is 4.76. The zero-order valence-electron chi connectivity index (χ0n) is 9.12. The Labute approximate surface area is 90.2 Å². The van der Waals surface area contributed by atoms with Crippen molar-refractivity contribution in [1.29, 1.82) is 0 Å². The number of hydrogen-bond donors (Lipinski definition) is 1. The molecule has 2 heterocycles. The van der Waals surface area contributed by atoms with Gasteiger partial charge in [-0.1, -0.05) is 0 Å². The molecule has 0 bridgehead atoms. The number of nitrogens with zero attached hydrogens (tertiary/aromatic N) is 1. The lowest BCUT2D eigenvalue weighted by Gasteiger charge is -2.38. The Morgan fingerprint density at radius 1 is 1.40 bits per heavy atom. The fourth-order valence-corrected chi connectivity index (χ4v) is 2.57. The molecule has 1 unspecified atom stereocenters. The van der Waals surface area contributed by atoms with Crippen molar-refractivity contribution in [1.82, 2.24) is 4.90 Å². The Bertz CT molecular complexity index is 207. The van der Waals surface area contributed by atoms with Gasteiger partial charge < -0.3 is 9.84 Å². The minimum atomic E-state index is -0.666. The molecular weight excluding hydrogens is 197 g/mol. The van der Waals surface area contributed by atoms with Gasteiger partial charge in [-0.2, -0.15) is 0 Å². The van der Waals surface area contributed by atoms with E-state index in [0.717, 1.165) is 39.1 Å². The predicted octanol–water partition coefficient (Wildman–Crippen LogP) is 0.819. The average Bonchev–Trinajstić information content (AvgIpc) is 2.65. The van der Waals surface area contributed by atoms with E-state index in [1.54, 1.807) is 0 Å². The number of rotatable bonds is 3. The summed E-state index contributed by atoms with van der Waals surface area (Å²) in [6.45, 7) is 3.87. The summed E-state index contributed by atoms with van der Waals surface area (Å²) in [5.74, 6) is 0. The van der Waals surface area contributed by atoms with E-state index < -0.39 is 6.17 Å². The number of aliphatic hydroxyl groups excluding tert-OH is 1. The third-order valence-electron chi connectivity index (χ3n) is 3.66. The number of hydrogen-bond acceptors (Lipinski definition) is 3. The van der Waals surface area contributed by atoms with Crippen molar-refractivity contribution < 1.29 is 14.2 Å². The maximum Gasteiger partial charge on any atom is 0.114 e. The number of ether oxygens (including phenoxy) is 1. The molecule has 88 valence electrons. The summed E-state index contributed by atoms with van der Waals surface area (Å²) < 4.78 is 18.3. The van der Waals surface area contributed by atoms with Crippen molar-refractivity contribution in [3.63, 3.8) is 0 Å². The standard InChI is InChI=1S/C11H20FNO2/c12-10-1-4-13(7-10)8-11(9-14)2-5-15-6-3-11/h10,14H,1-9H2. The third-order valence-corrected chi connectivity index (χ3v) is 3.66. The molecule has 2 aliphatic rings. The van der Waals surface area contributed by atoms with Crippen LogP contribution in [-0.2, 0) is 4.74 Å². The first-order chi connectivity index (χ1) is 7.24. The van der Waals surface area contributed by atoms with Crippen LogP contribution in [-0.4, -0.2) is 55.6 Å². The molecule has 15 heavy (non-hydrogen) atoms. The van der Waals surface area contributed by atoms with Crippen LogP contribution in [0.15, 0.2) is 0 Å². The lowest BCUT2D eigenvalue weighted by Crippen LogP contribution is -2.43. The molecule has 4 heteroatoms. The maximum atomic E-state index is 13.0. The largest absolute Gasteiger partial charge is 0.396 e. The molecule has 2 rings (SSSR count). The fraction of sp³-hybridized carbons (Fsp3) is 1.00. The number of aliphatic hydroxyl groups is 1. The molecule has 0 aromatic heterocycles. The number of halogens is 1. The van der Waals surface area contributed by atoms with Gasteiger partial charge in [0.1, 0.15) is 6.17 Å². The van der Waals surface area contributed by atoms with Crippen LogP contribution in [0.1, 0.15) is 19.3 Å². The van der Waals surface area contributed by atoms with E-state index in [-0.39, 0.29) is 12.0 Å². The van der Waals surface area contributed by atoms with Crippen molar-refractivity contribution in [2.24, 2.45) is 5.41 Å². The van der Waals surface area contributed by atoms with Crippen LogP contribution < -0.4 is 0 Å². The quantitative estimate of drug-likeness (QED) is 0.759. The van der Waals surface area contributed by atoms with Crippen molar-refractivity contribution in [3.8, 4) is 0 Å². The highest BCUT2D eigenvalue weighted by molar-refractivity contribution is 4.87. The van der Waals surface area contributed by atoms with E-state index in [0.29, 0.717) is 13.0 Å². The topological polar surface area (TPSA) is 32.7 Å². The highest BCUT2D eigenvalue weighted by atomic mass is 19.1. The first-order valence-corrected chi connectivity index (χ1v) is 5.79. The molecule has 1 atom stereocenters. The van der Waals surface area contributed by atoms with E-state index in [1.165, 1.54) is 0 Å². The monoisotopic (exact) mass is 217 g/mol. The molecule has 3 nitrogen and oxygen atoms in total. The number of likely N-dealkylation sites (tertiary alicyclic amines) is 1. The maximum absolute atomic E-state index is 13.0.